The number of H-pyrrole nitrogens is 1. The second kappa shape index (κ2) is 6.83. The predicted molar refractivity (Wildman–Crippen MR) is 105 cm³/mol. The van der Waals surface area contributed by atoms with Crippen molar-refractivity contribution in [3.05, 3.63) is 86.5 Å². The Morgan fingerprint density at radius 1 is 0.962 bits per heavy atom. The minimum atomic E-state index is -0.260. The van der Waals surface area contributed by atoms with Gasteiger partial charge in [-0.05, 0) is 48.6 Å². The lowest BCUT2D eigenvalue weighted by molar-refractivity contribution is 0.572. The third-order valence-electron chi connectivity index (χ3n) is 3.88. The summed E-state index contributed by atoms with van der Waals surface area (Å²) in [6, 6.07) is 16.3. The van der Waals surface area contributed by atoms with E-state index in [1.807, 2.05) is 30.3 Å². The van der Waals surface area contributed by atoms with Gasteiger partial charge >= 0.3 is 0 Å². The number of aromatic amines is 1. The van der Waals surface area contributed by atoms with E-state index >= 15 is 0 Å². The van der Waals surface area contributed by atoms with Crippen molar-refractivity contribution < 1.29 is 4.42 Å². The highest BCUT2D eigenvalue weighted by atomic mass is 35.5. The van der Waals surface area contributed by atoms with E-state index in [2.05, 4.69) is 9.97 Å². The van der Waals surface area contributed by atoms with Gasteiger partial charge in [0.2, 0.25) is 0 Å². The fourth-order valence-electron chi connectivity index (χ4n) is 2.60. The Morgan fingerprint density at radius 3 is 2.69 bits per heavy atom. The molecule has 0 atom stereocenters. The van der Waals surface area contributed by atoms with Crippen LogP contribution in [0, 0.1) is 0 Å². The third kappa shape index (κ3) is 3.17. The first-order chi connectivity index (χ1) is 12.6. The molecule has 4 nitrogen and oxygen atoms in total. The molecule has 0 saturated carbocycles. The van der Waals surface area contributed by atoms with E-state index in [9.17, 15) is 4.79 Å². The molecule has 0 saturated heterocycles. The van der Waals surface area contributed by atoms with Crippen LogP contribution >= 0.6 is 23.2 Å². The number of halogens is 2. The van der Waals surface area contributed by atoms with Crippen LogP contribution in [0.2, 0.25) is 10.0 Å². The molecule has 0 aliphatic carbocycles. The molecule has 1 N–H and O–H groups in total. The lowest BCUT2D eigenvalue weighted by Crippen LogP contribution is -2.11. The number of furan rings is 1. The summed E-state index contributed by atoms with van der Waals surface area (Å²) >= 11 is 12.3. The molecule has 4 aromatic rings. The molecule has 2 heterocycles. The van der Waals surface area contributed by atoms with E-state index in [-0.39, 0.29) is 5.56 Å². The zero-order valence-electron chi connectivity index (χ0n) is 13.4. The Hall–Kier alpha value is -2.82. The number of rotatable bonds is 3. The van der Waals surface area contributed by atoms with Gasteiger partial charge in [-0.25, -0.2) is 4.98 Å². The van der Waals surface area contributed by atoms with Gasteiger partial charge in [-0.15, -0.1) is 0 Å². The van der Waals surface area contributed by atoms with Crippen LogP contribution < -0.4 is 5.56 Å². The summed E-state index contributed by atoms with van der Waals surface area (Å²) in [6.07, 6.45) is 3.31. The smallest absolute Gasteiger partial charge is 0.274 e. The SMILES string of the molecule is O=c1[nH]c2ccccc2nc1/C=C/c1ccc(-c2cccc(Cl)c2Cl)o1. The number of nitrogens with zero attached hydrogens (tertiary/aromatic N) is 1. The Bertz CT molecular complexity index is 1190. The molecule has 0 fully saturated rings. The second-order valence-corrected chi connectivity index (χ2v) is 6.39. The van der Waals surface area contributed by atoms with Gasteiger partial charge in [0.1, 0.15) is 17.2 Å². The average Bonchev–Trinajstić information content (AvgIpc) is 3.11. The first kappa shape index (κ1) is 16.6. The lowest BCUT2D eigenvalue weighted by Gasteiger charge is -2.01. The summed E-state index contributed by atoms with van der Waals surface area (Å²) in [5, 5.41) is 0.899. The highest BCUT2D eigenvalue weighted by Gasteiger charge is 2.10. The van der Waals surface area contributed by atoms with Crippen LogP contribution in [0.3, 0.4) is 0 Å². The van der Waals surface area contributed by atoms with Crippen molar-refractivity contribution in [1.82, 2.24) is 9.97 Å². The van der Waals surface area contributed by atoms with Crippen molar-refractivity contribution in [2.24, 2.45) is 0 Å². The van der Waals surface area contributed by atoms with Crippen LogP contribution in [0.4, 0.5) is 0 Å². The topological polar surface area (TPSA) is 58.9 Å². The summed E-state index contributed by atoms with van der Waals surface area (Å²) in [5.74, 6) is 1.17. The summed E-state index contributed by atoms with van der Waals surface area (Å²) in [7, 11) is 0. The minimum absolute atomic E-state index is 0.260. The number of aromatic nitrogens is 2. The number of fused-ring (bicyclic) bond motifs is 1. The predicted octanol–water partition coefficient (Wildman–Crippen LogP) is 5.66. The molecule has 0 amide bonds. The van der Waals surface area contributed by atoms with Crippen LogP contribution in [0.25, 0.3) is 34.5 Å². The van der Waals surface area contributed by atoms with Crippen LogP contribution in [0.5, 0.6) is 0 Å². The Kier molecular flexibility index (Phi) is 4.37. The molecule has 0 spiro atoms. The van der Waals surface area contributed by atoms with Gasteiger partial charge < -0.3 is 9.40 Å². The van der Waals surface area contributed by atoms with E-state index in [0.717, 1.165) is 5.52 Å². The normalized spacial score (nSPS) is 11.5. The van der Waals surface area contributed by atoms with E-state index in [0.29, 0.717) is 38.3 Å². The number of para-hydroxylation sites is 2. The van der Waals surface area contributed by atoms with Gasteiger partial charge in [0.15, 0.2) is 0 Å². The van der Waals surface area contributed by atoms with Gasteiger partial charge in [0.25, 0.3) is 5.56 Å². The molecule has 6 heteroatoms. The van der Waals surface area contributed by atoms with E-state index in [1.54, 1.807) is 36.4 Å². The van der Waals surface area contributed by atoms with Crippen molar-refractivity contribution in [1.29, 1.82) is 0 Å². The number of hydrogen-bond donors (Lipinski definition) is 1. The summed E-state index contributed by atoms with van der Waals surface area (Å²) in [6.45, 7) is 0. The second-order valence-electron chi connectivity index (χ2n) is 5.61. The molecule has 4 rings (SSSR count). The van der Waals surface area contributed by atoms with E-state index in [1.165, 1.54) is 0 Å². The minimum Gasteiger partial charge on any atom is -0.457 e. The van der Waals surface area contributed by atoms with Gasteiger partial charge in [0, 0.05) is 5.56 Å². The van der Waals surface area contributed by atoms with Crippen LogP contribution in [-0.2, 0) is 0 Å². The monoisotopic (exact) mass is 382 g/mol. The number of benzene rings is 2. The Labute approximate surface area is 158 Å². The molecule has 26 heavy (non-hydrogen) atoms. The first-order valence-electron chi connectivity index (χ1n) is 7.83. The fraction of sp³-hybridized carbons (Fsp3) is 0. The van der Waals surface area contributed by atoms with Crippen LogP contribution in [0.1, 0.15) is 11.5 Å². The fourth-order valence-corrected chi connectivity index (χ4v) is 2.99. The summed E-state index contributed by atoms with van der Waals surface area (Å²) in [5.41, 5.74) is 2.18. The van der Waals surface area contributed by atoms with E-state index < -0.39 is 0 Å². The van der Waals surface area contributed by atoms with Crippen molar-refractivity contribution in [3.63, 3.8) is 0 Å². The van der Waals surface area contributed by atoms with Crippen LogP contribution in [0.15, 0.2) is 63.8 Å². The third-order valence-corrected chi connectivity index (χ3v) is 4.69. The summed E-state index contributed by atoms with van der Waals surface area (Å²) in [4.78, 5) is 19.3. The maximum Gasteiger partial charge on any atom is 0.274 e. The van der Waals surface area contributed by atoms with Gasteiger partial charge in [-0.1, -0.05) is 41.4 Å². The molecular weight excluding hydrogens is 371 g/mol. The Balaban J connectivity index is 1.66. The molecule has 0 radical (unpaired) electrons. The molecule has 0 aliphatic rings. The van der Waals surface area contributed by atoms with Crippen LogP contribution in [-0.4, -0.2) is 9.97 Å². The Morgan fingerprint density at radius 2 is 1.81 bits per heavy atom. The van der Waals surface area contributed by atoms with Gasteiger partial charge in [-0.2, -0.15) is 0 Å². The quantitative estimate of drug-likeness (QED) is 0.497. The standard InChI is InChI=1S/C20H12Cl2N2O2/c21-14-5-3-4-13(19(14)22)18-11-9-12(26-18)8-10-17-20(25)24-16-7-2-1-6-15(16)23-17/h1-11H,(H,24,25)/b10-8+. The highest BCUT2D eigenvalue weighted by molar-refractivity contribution is 6.43. The highest BCUT2D eigenvalue weighted by Crippen LogP contribution is 2.34. The molecule has 2 aromatic carbocycles. The van der Waals surface area contributed by atoms with Crippen molar-refractivity contribution in [2.75, 3.05) is 0 Å². The van der Waals surface area contributed by atoms with Gasteiger partial charge in [-0.3, -0.25) is 4.79 Å². The van der Waals surface area contributed by atoms with Crippen molar-refractivity contribution in [2.45, 2.75) is 0 Å². The molecular formula is C20H12Cl2N2O2. The summed E-state index contributed by atoms with van der Waals surface area (Å²) < 4.78 is 5.78. The zero-order valence-corrected chi connectivity index (χ0v) is 14.9. The number of nitrogens with one attached hydrogen (secondary N) is 1. The van der Waals surface area contributed by atoms with Crippen molar-refractivity contribution in [3.8, 4) is 11.3 Å². The van der Waals surface area contributed by atoms with Crippen molar-refractivity contribution >= 4 is 46.4 Å². The number of hydrogen-bond acceptors (Lipinski definition) is 3. The maximum absolute atomic E-state index is 12.1. The molecule has 2 aromatic heterocycles. The van der Waals surface area contributed by atoms with Gasteiger partial charge in [0.05, 0.1) is 21.1 Å². The first-order valence-corrected chi connectivity index (χ1v) is 8.59. The molecule has 0 unspecified atom stereocenters. The largest absolute Gasteiger partial charge is 0.457 e. The molecule has 0 bridgehead atoms. The zero-order chi connectivity index (χ0) is 18.1. The van der Waals surface area contributed by atoms with E-state index in [4.69, 9.17) is 27.6 Å². The molecule has 0 aliphatic heterocycles. The lowest BCUT2D eigenvalue weighted by atomic mass is 10.2. The maximum atomic E-state index is 12.1. The molecule has 128 valence electrons. The average molecular weight is 383 g/mol.